The van der Waals surface area contributed by atoms with Crippen LogP contribution in [0.5, 0.6) is 0 Å². The average Bonchev–Trinajstić information content (AvgIpc) is 2.45. The van der Waals surface area contributed by atoms with Crippen LogP contribution in [0.1, 0.15) is 24.5 Å². The summed E-state index contributed by atoms with van der Waals surface area (Å²) in [7, 11) is -3.61. The van der Waals surface area contributed by atoms with E-state index < -0.39 is 10.0 Å². The molecular weight excluding hydrogens is 290 g/mol. The topological polar surface area (TPSA) is 77.8 Å². The SMILES string of the molecule is CCCN(CCO)S(=O)(=O)c1ccc(C#CCO)c(C)c1. The van der Waals surface area contributed by atoms with Crippen molar-refractivity contribution in [3.8, 4) is 11.8 Å². The second-order valence-electron chi connectivity index (χ2n) is 4.56. The van der Waals surface area contributed by atoms with Crippen LogP contribution in [0.2, 0.25) is 0 Å². The first-order valence-corrected chi connectivity index (χ1v) is 8.22. The summed E-state index contributed by atoms with van der Waals surface area (Å²) in [5.41, 5.74) is 1.42. The van der Waals surface area contributed by atoms with E-state index in [1.54, 1.807) is 19.1 Å². The predicted octanol–water partition coefficient (Wildman–Crippen LogP) is 0.732. The molecule has 0 unspecified atom stereocenters. The summed E-state index contributed by atoms with van der Waals surface area (Å²) in [5, 5.41) is 17.7. The van der Waals surface area contributed by atoms with E-state index in [-0.39, 0.29) is 24.7 Å². The van der Waals surface area contributed by atoms with Crippen LogP contribution in [0, 0.1) is 18.8 Å². The highest BCUT2D eigenvalue weighted by molar-refractivity contribution is 7.89. The van der Waals surface area contributed by atoms with Crippen molar-refractivity contribution >= 4 is 10.0 Å². The Kier molecular flexibility index (Phi) is 6.85. The highest BCUT2D eigenvalue weighted by Crippen LogP contribution is 2.19. The third-order valence-corrected chi connectivity index (χ3v) is 4.85. The van der Waals surface area contributed by atoms with E-state index in [1.807, 2.05) is 6.92 Å². The van der Waals surface area contributed by atoms with E-state index in [1.165, 1.54) is 10.4 Å². The lowest BCUT2D eigenvalue weighted by Crippen LogP contribution is -2.34. The van der Waals surface area contributed by atoms with Gasteiger partial charge in [-0.15, -0.1) is 0 Å². The summed E-state index contributed by atoms with van der Waals surface area (Å²) in [6, 6.07) is 4.70. The summed E-state index contributed by atoms with van der Waals surface area (Å²) in [5.74, 6) is 5.31. The van der Waals surface area contributed by atoms with Gasteiger partial charge in [0.2, 0.25) is 10.0 Å². The van der Waals surface area contributed by atoms with Crippen molar-refractivity contribution in [3.05, 3.63) is 29.3 Å². The van der Waals surface area contributed by atoms with Gasteiger partial charge in [-0.25, -0.2) is 8.42 Å². The molecule has 116 valence electrons. The molecule has 0 aliphatic rings. The maximum Gasteiger partial charge on any atom is 0.243 e. The van der Waals surface area contributed by atoms with Gasteiger partial charge < -0.3 is 10.2 Å². The normalized spacial score (nSPS) is 11.3. The zero-order valence-electron chi connectivity index (χ0n) is 12.3. The molecule has 6 heteroatoms. The van der Waals surface area contributed by atoms with Crippen LogP contribution in [0.4, 0.5) is 0 Å². The number of aryl methyl sites for hydroxylation is 1. The van der Waals surface area contributed by atoms with Gasteiger partial charge in [-0.3, -0.25) is 0 Å². The van der Waals surface area contributed by atoms with E-state index in [0.717, 1.165) is 5.56 Å². The highest BCUT2D eigenvalue weighted by atomic mass is 32.2. The Balaban J connectivity index is 3.16. The number of aliphatic hydroxyl groups excluding tert-OH is 2. The fourth-order valence-electron chi connectivity index (χ4n) is 1.93. The molecule has 0 bridgehead atoms. The molecule has 21 heavy (non-hydrogen) atoms. The second kappa shape index (κ2) is 8.15. The molecule has 1 rings (SSSR count). The lowest BCUT2D eigenvalue weighted by Gasteiger charge is -2.21. The van der Waals surface area contributed by atoms with Gasteiger partial charge in [-0.05, 0) is 37.1 Å². The van der Waals surface area contributed by atoms with Gasteiger partial charge >= 0.3 is 0 Å². The molecule has 0 radical (unpaired) electrons. The molecule has 0 aromatic heterocycles. The molecule has 0 amide bonds. The molecule has 1 aromatic carbocycles. The standard InChI is InChI=1S/C15H21NO4S/c1-3-8-16(9-11-18)21(19,20)15-7-6-14(5-4-10-17)13(2)12-15/h6-7,12,17-18H,3,8-11H2,1-2H3. The van der Waals surface area contributed by atoms with Crippen molar-refractivity contribution in [2.24, 2.45) is 0 Å². The molecule has 0 fully saturated rings. The maximum absolute atomic E-state index is 12.5. The minimum Gasteiger partial charge on any atom is -0.395 e. The van der Waals surface area contributed by atoms with E-state index in [4.69, 9.17) is 10.2 Å². The van der Waals surface area contributed by atoms with Gasteiger partial charge in [0.05, 0.1) is 11.5 Å². The summed E-state index contributed by atoms with van der Waals surface area (Å²) < 4.78 is 26.3. The number of nitrogens with zero attached hydrogens (tertiary/aromatic N) is 1. The Labute approximate surface area is 126 Å². The van der Waals surface area contributed by atoms with Gasteiger partial charge in [0.1, 0.15) is 6.61 Å². The minimum absolute atomic E-state index is 0.0846. The van der Waals surface area contributed by atoms with Gasteiger partial charge in [-0.1, -0.05) is 18.8 Å². The van der Waals surface area contributed by atoms with Gasteiger partial charge in [-0.2, -0.15) is 4.31 Å². The number of benzene rings is 1. The van der Waals surface area contributed by atoms with Crippen molar-refractivity contribution in [1.29, 1.82) is 0 Å². The first-order chi connectivity index (χ1) is 9.97. The predicted molar refractivity (Wildman–Crippen MR) is 81.3 cm³/mol. The summed E-state index contributed by atoms with van der Waals surface area (Å²) in [6.45, 7) is 3.67. The number of rotatable bonds is 6. The average molecular weight is 311 g/mol. The lowest BCUT2D eigenvalue weighted by molar-refractivity contribution is 0.253. The van der Waals surface area contributed by atoms with E-state index in [9.17, 15) is 8.42 Å². The van der Waals surface area contributed by atoms with E-state index in [2.05, 4.69) is 11.8 Å². The zero-order valence-corrected chi connectivity index (χ0v) is 13.2. The van der Waals surface area contributed by atoms with Crippen LogP contribution in [0.15, 0.2) is 23.1 Å². The second-order valence-corrected chi connectivity index (χ2v) is 6.50. The van der Waals surface area contributed by atoms with Crippen LogP contribution in [0.3, 0.4) is 0 Å². The molecular formula is C15H21NO4S. The Hall–Kier alpha value is -1.39. The van der Waals surface area contributed by atoms with Crippen LogP contribution in [-0.4, -0.2) is 49.2 Å². The van der Waals surface area contributed by atoms with Crippen LogP contribution in [-0.2, 0) is 10.0 Å². The molecule has 0 aliphatic heterocycles. The van der Waals surface area contributed by atoms with Crippen molar-refractivity contribution in [3.63, 3.8) is 0 Å². The number of aliphatic hydroxyl groups is 2. The van der Waals surface area contributed by atoms with Crippen molar-refractivity contribution in [2.75, 3.05) is 26.3 Å². The largest absolute Gasteiger partial charge is 0.395 e. The third-order valence-electron chi connectivity index (χ3n) is 2.96. The quantitative estimate of drug-likeness (QED) is 0.759. The molecule has 0 spiro atoms. The van der Waals surface area contributed by atoms with Crippen molar-refractivity contribution in [1.82, 2.24) is 4.31 Å². The smallest absolute Gasteiger partial charge is 0.243 e. The Morgan fingerprint density at radius 2 is 1.95 bits per heavy atom. The molecule has 5 nitrogen and oxygen atoms in total. The Bertz CT molecular complexity index is 623. The van der Waals surface area contributed by atoms with E-state index in [0.29, 0.717) is 18.5 Å². The molecule has 0 atom stereocenters. The van der Waals surface area contributed by atoms with Gasteiger partial charge in [0, 0.05) is 18.7 Å². The Morgan fingerprint density at radius 3 is 2.48 bits per heavy atom. The maximum atomic E-state index is 12.5. The van der Waals surface area contributed by atoms with Crippen LogP contribution in [0.25, 0.3) is 0 Å². The van der Waals surface area contributed by atoms with E-state index >= 15 is 0 Å². The van der Waals surface area contributed by atoms with Crippen molar-refractivity contribution < 1.29 is 18.6 Å². The molecule has 0 saturated heterocycles. The Morgan fingerprint density at radius 1 is 1.24 bits per heavy atom. The number of hydrogen-bond acceptors (Lipinski definition) is 4. The summed E-state index contributed by atoms with van der Waals surface area (Å²) in [4.78, 5) is 0.191. The fraction of sp³-hybridized carbons (Fsp3) is 0.467. The zero-order chi connectivity index (χ0) is 15.9. The third kappa shape index (κ3) is 4.55. The van der Waals surface area contributed by atoms with Gasteiger partial charge in [0.15, 0.2) is 0 Å². The molecule has 1 aromatic rings. The summed E-state index contributed by atoms with van der Waals surface area (Å²) in [6.07, 6.45) is 0.679. The molecule has 2 N–H and O–H groups in total. The minimum atomic E-state index is -3.61. The number of sulfonamides is 1. The monoisotopic (exact) mass is 311 g/mol. The number of hydrogen-bond donors (Lipinski definition) is 2. The first kappa shape index (κ1) is 17.7. The van der Waals surface area contributed by atoms with Crippen LogP contribution >= 0.6 is 0 Å². The fourth-order valence-corrected chi connectivity index (χ4v) is 3.54. The molecule has 0 aliphatic carbocycles. The summed E-state index contributed by atoms with van der Waals surface area (Å²) >= 11 is 0. The van der Waals surface area contributed by atoms with Crippen molar-refractivity contribution in [2.45, 2.75) is 25.2 Å². The molecule has 0 saturated carbocycles. The lowest BCUT2D eigenvalue weighted by atomic mass is 10.1. The van der Waals surface area contributed by atoms with Crippen LogP contribution < -0.4 is 0 Å². The van der Waals surface area contributed by atoms with Gasteiger partial charge in [0.25, 0.3) is 0 Å². The molecule has 0 heterocycles. The first-order valence-electron chi connectivity index (χ1n) is 6.78. The highest BCUT2D eigenvalue weighted by Gasteiger charge is 2.23.